The minimum atomic E-state index is 0.454. The van der Waals surface area contributed by atoms with Crippen molar-refractivity contribution in [3.63, 3.8) is 0 Å². The van der Waals surface area contributed by atoms with Gasteiger partial charge in [-0.05, 0) is 31.6 Å². The lowest BCUT2D eigenvalue weighted by molar-refractivity contribution is 0.0421. The summed E-state index contributed by atoms with van der Waals surface area (Å²) < 4.78 is 5.47. The van der Waals surface area contributed by atoms with Gasteiger partial charge in [-0.3, -0.25) is 0 Å². The lowest BCUT2D eigenvalue weighted by atomic mass is 9.81. The molecule has 11 heavy (non-hydrogen) atoms. The summed E-state index contributed by atoms with van der Waals surface area (Å²) >= 11 is 0. The molecule has 0 spiro atoms. The Hall–Kier alpha value is -0.0400. The van der Waals surface area contributed by atoms with E-state index in [1.807, 2.05) is 0 Å². The Morgan fingerprint density at radius 2 is 1.36 bits per heavy atom. The lowest BCUT2D eigenvalue weighted by Crippen LogP contribution is -2.24. The van der Waals surface area contributed by atoms with Crippen molar-refractivity contribution < 1.29 is 4.74 Å². The van der Waals surface area contributed by atoms with Crippen molar-refractivity contribution in [1.29, 1.82) is 0 Å². The molecule has 0 aliphatic heterocycles. The zero-order valence-electron chi connectivity index (χ0n) is 8.44. The summed E-state index contributed by atoms with van der Waals surface area (Å²) in [7, 11) is 0. The zero-order valence-corrected chi connectivity index (χ0v) is 8.44. The van der Waals surface area contributed by atoms with Crippen molar-refractivity contribution in [1.82, 2.24) is 0 Å². The molecule has 0 bridgehead atoms. The molecule has 0 aromatic rings. The van der Waals surface area contributed by atoms with Crippen LogP contribution in [0.3, 0.4) is 0 Å². The Kier molecular flexibility index (Phi) is 5.57. The monoisotopic (exact) mass is 158 g/mol. The SMILES string of the molecule is CCOCC(CC)(CC)CC. The van der Waals surface area contributed by atoms with Crippen LogP contribution in [0, 0.1) is 5.41 Å². The van der Waals surface area contributed by atoms with Gasteiger partial charge in [0.2, 0.25) is 0 Å². The number of hydrogen-bond donors (Lipinski definition) is 0. The van der Waals surface area contributed by atoms with E-state index in [0.29, 0.717) is 5.41 Å². The Labute approximate surface area is 71.1 Å². The first-order valence-electron chi connectivity index (χ1n) is 4.82. The molecule has 0 N–H and O–H groups in total. The first kappa shape index (κ1) is 11.0. The van der Waals surface area contributed by atoms with E-state index in [4.69, 9.17) is 4.74 Å². The molecule has 0 atom stereocenters. The fourth-order valence-corrected chi connectivity index (χ4v) is 1.37. The highest BCUT2D eigenvalue weighted by Crippen LogP contribution is 2.30. The molecule has 0 saturated heterocycles. The van der Waals surface area contributed by atoms with E-state index in [9.17, 15) is 0 Å². The molecule has 68 valence electrons. The summed E-state index contributed by atoms with van der Waals surface area (Å²) in [6.07, 6.45) is 3.71. The van der Waals surface area contributed by atoms with Gasteiger partial charge in [-0.25, -0.2) is 0 Å². The van der Waals surface area contributed by atoms with E-state index in [2.05, 4.69) is 27.7 Å². The molecule has 0 fully saturated rings. The van der Waals surface area contributed by atoms with Crippen LogP contribution in [0.4, 0.5) is 0 Å². The highest BCUT2D eigenvalue weighted by Gasteiger charge is 2.23. The maximum Gasteiger partial charge on any atom is 0.0521 e. The molecule has 0 aromatic carbocycles. The summed E-state index contributed by atoms with van der Waals surface area (Å²) in [5, 5.41) is 0. The van der Waals surface area contributed by atoms with Crippen LogP contribution in [0.25, 0.3) is 0 Å². The van der Waals surface area contributed by atoms with Crippen molar-refractivity contribution in [2.24, 2.45) is 5.41 Å². The topological polar surface area (TPSA) is 9.23 Å². The molecule has 0 heterocycles. The normalized spacial score (nSPS) is 12.0. The van der Waals surface area contributed by atoms with E-state index in [1.54, 1.807) is 0 Å². The Morgan fingerprint density at radius 1 is 0.909 bits per heavy atom. The van der Waals surface area contributed by atoms with Gasteiger partial charge in [0.05, 0.1) is 6.61 Å². The molecule has 0 aliphatic carbocycles. The average Bonchev–Trinajstić information content (AvgIpc) is 2.08. The van der Waals surface area contributed by atoms with Gasteiger partial charge >= 0.3 is 0 Å². The van der Waals surface area contributed by atoms with Gasteiger partial charge in [0.15, 0.2) is 0 Å². The van der Waals surface area contributed by atoms with E-state index in [1.165, 1.54) is 19.3 Å². The summed E-state index contributed by atoms with van der Waals surface area (Å²) in [6, 6.07) is 0. The molecular weight excluding hydrogens is 136 g/mol. The highest BCUT2D eigenvalue weighted by molar-refractivity contribution is 4.73. The third-order valence-corrected chi connectivity index (χ3v) is 2.86. The van der Waals surface area contributed by atoms with Crippen LogP contribution in [-0.4, -0.2) is 13.2 Å². The van der Waals surface area contributed by atoms with E-state index >= 15 is 0 Å². The third-order valence-electron chi connectivity index (χ3n) is 2.86. The predicted octanol–water partition coefficient (Wildman–Crippen LogP) is 3.24. The first-order chi connectivity index (χ1) is 5.24. The summed E-state index contributed by atoms with van der Waals surface area (Å²) in [5.41, 5.74) is 0.454. The van der Waals surface area contributed by atoms with Gasteiger partial charge in [0.1, 0.15) is 0 Å². The van der Waals surface area contributed by atoms with Crippen LogP contribution in [0.2, 0.25) is 0 Å². The Balaban J connectivity index is 3.84. The van der Waals surface area contributed by atoms with E-state index in [0.717, 1.165) is 13.2 Å². The van der Waals surface area contributed by atoms with Crippen molar-refractivity contribution in [3.8, 4) is 0 Å². The van der Waals surface area contributed by atoms with Crippen LogP contribution in [0.5, 0.6) is 0 Å². The molecule has 0 aromatic heterocycles. The maximum absolute atomic E-state index is 5.47. The fraction of sp³-hybridized carbons (Fsp3) is 1.00. The van der Waals surface area contributed by atoms with Crippen molar-refractivity contribution in [2.75, 3.05) is 13.2 Å². The molecule has 0 radical (unpaired) electrons. The standard InChI is InChI=1S/C10H22O/c1-5-10(6-2,7-3)9-11-8-4/h5-9H2,1-4H3. The van der Waals surface area contributed by atoms with E-state index in [-0.39, 0.29) is 0 Å². The minimum absolute atomic E-state index is 0.454. The highest BCUT2D eigenvalue weighted by atomic mass is 16.5. The molecule has 0 amide bonds. The number of rotatable bonds is 6. The second kappa shape index (κ2) is 5.59. The molecule has 0 unspecified atom stereocenters. The maximum atomic E-state index is 5.47. The molecule has 1 nitrogen and oxygen atoms in total. The average molecular weight is 158 g/mol. The smallest absolute Gasteiger partial charge is 0.0521 e. The van der Waals surface area contributed by atoms with Crippen LogP contribution >= 0.6 is 0 Å². The molecular formula is C10H22O. The quantitative estimate of drug-likeness (QED) is 0.576. The zero-order chi connectivity index (χ0) is 8.74. The van der Waals surface area contributed by atoms with Gasteiger partial charge in [0, 0.05) is 6.61 Å². The van der Waals surface area contributed by atoms with Gasteiger partial charge in [0.25, 0.3) is 0 Å². The third kappa shape index (κ3) is 3.24. The minimum Gasteiger partial charge on any atom is -0.381 e. The molecule has 0 saturated carbocycles. The van der Waals surface area contributed by atoms with Gasteiger partial charge in [-0.15, -0.1) is 0 Å². The van der Waals surface area contributed by atoms with Crippen molar-refractivity contribution in [2.45, 2.75) is 47.0 Å². The van der Waals surface area contributed by atoms with Gasteiger partial charge < -0.3 is 4.74 Å². The van der Waals surface area contributed by atoms with Gasteiger partial charge in [-0.2, -0.15) is 0 Å². The fourth-order valence-electron chi connectivity index (χ4n) is 1.37. The first-order valence-corrected chi connectivity index (χ1v) is 4.82. The summed E-state index contributed by atoms with van der Waals surface area (Å²) in [6.45, 7) is 10.6. The van der Waals surface area contributed by atoms with Crippen LogP contribution in [0.15, 0.2) is 0 Å². The second-order valence-corrected chi connectivity index (χ2v) is 3.20. The van der Waals surface area contributed by atoms with Gasteiger partial charge in [-0.1, -0.05) is 20.8 Å². The lowest BCUT2D eigenvalue weighted by Gasteiger charge is -2.29. The van der Waals surface area contributed by atoms with Crippen molar-refractivity contribution in [3.05, 3.63) is 0 Å². The van der Waals surface area contributed by atoms with Crippen LogP contribution < -0.4 is 0 Å². The Morgan fingerprint density at radius 3 is 1.64 bits per heavy atom. The van der Waals surface area contributed by atoms with Crippen LogP contribution in [-0.2, 0) is 4.74 Å². The molecule has 0 rings (SSSR count). The summed E-state index contributed by atoms with van der Waals surface area (Å²) in [4.78, 5) is 0. The predicted molar refractivity (Wildman–Crippen MR) is 49.8 cm³/mol. The Bertz CT molecular complexity index is 76.6. The number of hydrogen-bond acceptors (Lipinski definition) is 1. The van der Waals surface area contributed by atoms with Crippen molar-refractivity contribution >= 4 is 0 Å². The second-order valence-electron chi connectivity index (χ2n) is 3.20. The van der Waals surface area contributed by atoms with Crippen LogP contribution in [0.1, 0.15) is 47.0 Å². The number of ether oxygens (including phenoxy) is 1. The largest absolute Gasteiger partial charge is 0.381 e. The molecule has 0 aliphatic rings. The summed E-state index contributed by atoms with van der Waals surface area (Å²) in [5.74, 6) is 0. The molecule has 1 heteroatoms. The van der Waals surface area contributed by atoms with E-state index < -0.39 is 0 Å².